The number of fused-ring (bicyclic) bond motifs is 4. The van der Waals surface area contributed by atoms with Crippen LogP contribution in [-0.2, 0) is 9.53 Å². The van der Waals surface area contributed by atoms with Gasteiger partial charge < -0.3 is 20.1 Å². The van der Waals surface area contributed by atoms with Crippen molar-refractivity contribution in [2.45, 2.75) is 25.6 Å². The van der Waals surface area contributed by atoms with Crippen molar-refractivity contribution in [2.24, 2.45) is 5.92 Å². The third kappa shape index (κ3) is 2.38. The largest absolute Gasteiger partial charge is 0.467 e. The van der Waals surface area contributed by atoms with E-state index in [-0.39, 0.29) is 12.0 Å². The molecule has 21 heavy (non-hydrogen) atoms. The van der Waals surface area contributed by atoms with Gasteiger partial charge in [-0.2, -0.15) is 0 Å². The Bertz CT molecular complexity index is 624. The van der Waals surface area contributed by atoms with Gasteiger partial charge in [0.05, 0.1) is 12.6 Å². The molecule has 1 aromatic carbocycles. The normalized spacial score (nSPS) is 29.6. The van der Waals surface area contributed by atoms with E-state index in [0.29, 0.717) is 11.7 Å². The van der Waals surface area contributed by atoms with Crippen LogP contribution in [0.3, 0.4) is 0 Å². The number of halogens is 1. The van der Waals surface area contributed by atoms with Crippen LogP contribution in [0.1, 0.15) is 25.5 Å². The molecule has 0 aliphatic carbocycles. The molecule has 2 aliphatic heterocycles. The van der Waals surface area contributed by atoms with E-state index in [0.717, 1.165) is 15.8 Å². The fraction of sp³-hybridized carbons (Fsp3) is 0.429. The van der Waals surface area contributed by atoms with Gasteiger partial charge in [0, 0.05) is 10.0 Å². The molecule has 0 spiro atoms. The SMILES string of the molecule is CCOC(=O)[C@@H]1[C@H]2NC(=S)N[C@]1(C)Oc1ccc(Br)cc12. The van der Waals surface area contributed by atoms with E-state index in [9.17, 15) is 4.79 Å². The number of hydrogen-bond donors (Lipinski definition) is 2. The second-order valence-corrected chi connectivity index (χ2v) is 6.52. The summed E-state index contributed by atoms with van der Waals surface area (Å²) in [5.74, 6) is -0.0992. The minimum absolute atomic E-state index is 0.274. The van der Waals surface area contributed by atoms with Crippen LogP contribution in [0.25, 0.3) is 0 Å². The molecule has 1 aromatic rings. The molecule has 2 heterocycles. The van der Waals surface area contributed by atoms with E-state index in [1.807, 2.05) is 25.1 Å². The monoisotopic (exact) mass is 370 g/mol. The molecule has 3 rings (SSSR count). The molecule has 2 bridgehead atoms. The molecular formula is C14H15BrN2O3S. The van der Waals surface area contributed by atoms with Crippen LogP contribution in [0, 0.1) is 5.92 Å². The molecule has 7 heteroatoms. The zero-order valence-electron chi connectivity index (χ0n) is 11.6. The first-order valence-electron chi connectivity index (χ1n) is 6.68. The van der Waals surface area contributed by atoms with Crippen molar-refractivity contribution in [3.63, 3.8) is 0 Å². The van der Waals surface area contributed by atoms with Crippen molar-refractivity contribution in [3.8, 4) is 5.75 Å². The maximum Gasteiger partial charge on any atom is 0.317 e. The molecule has 0 saturated carbocycles. The van der Waals surface area contributed by atoms with E-state index in [2.05, 4.69) is 26.6 Å². The van der Waals surface area contributed by atoms with Crippen molar-refractivity contribution in [1.29, 1.82) is 0 Å². The summed E-state index contributed by atoms with van der Waals surface area (Å²) < 4.78 is 12.2. The Morgan fingerprint density at radius 3 is 3.05 bits per heavy atom. The molecule has 2 aliphatic rings. The maximum absolute atomic E-state index is 12.4. The Labute approximate surface area is 136 Å². The average Bonchev–Trinajstić information content (AvgIpc) is 2.38. The van der Waals surface area contributed by atoms with Gasteiger partial charge >= 0.3 is 5.97 Å². The van der Waals surface area contributed by atoms with Crippen molar-refractivity contribution >= 4 is 39.2 Å². The summed E-state index contributed by atoms with van der Waals surface area (Å²) in [6.45, 7) is 3.93. The predicted octanol–water partition coefficient (Wildman–Crippen LogP) is 2.26. The first-order valence-corrected chi connectivity index (χ1v) is 7.88. The summed E-state index contributed by atoms with van der Waals surface area (Å²) in [6.07, 6.45) is 0. The van der Waals surface area contributed by atoms with Crippen molar-refractivity contribution in [1.82, 2.24) is 10.6 Å². The molecule has 1 fully saturated rings. The molecule has 3 atom stereocenters. The summed E-state index contributed by atoms with van der Waals surface area (Å²) >= 11 is 8.68. The van der Waals surface area contributed by atoms with Gasteiger partial charge in [-0.05, 0) is 44.3 Å². The number of benzene rings is 1. The smallest absolute Gasteiger partial charge is 0.317 e. The highest BCUT2D eigenvalue weighted by Crippen LogP contribution is 2.45. The van der Waals surface area contributed by atoms with Crippen LogP contribution >= 0.6 is 28.1 Å². The Morgan fingerprint density at radius 2 is 2.33 bits per heavy atom. The minimum atomic E-state index is -0.917. The molecule has 1 saturated heterocycles. The van der Waals surface area contributed by atoms with Gasteiger partial charge in [0.1, 0.15) is 11.7 Å². The topological polar surface area (TPSA) is 59.6 Å². The van der Waals surface area contributed by atoms with Crippen LogP contribution in [0.2, 0.25) is 0 Å². The molecule has 0 amide bonds. The predicted molar refractivity (Wildman–Crippen MR) is 84.9 cm³/mol. The van der Waals surface area contributed by atoms with E-state index in [1.165, 1.54) is 0 Å². The minimum Gasteiger partial charge on any atom is -0.467 e. The summed E-state index contributed by atoms with van der Waals surface area (Å²) in [7, 11) is 0. The second-order valence-electron chi connectivity index (χ2n) is 5.20. The quantitative estimate of drug-likeness (QED) is 0.615. The van der Waals surface area contributed by atoms with E-state index in [4.69, 9.17) is 21.7 Å². The van der Waals surface area contributed by atoms with Crippen molar-refractivity contribution in [2.75, 3.05) is 6.61 Å². The lowest BCUT2D eigenvalue weighted by atomic mass is 9.80. The van der Waals surface area contributed by atoms with Crippen molar-refractivity contribution in [3.05, 3.63) is 28.2 Å². The third-order valence-electron chi connectivity index (χ3n) is 3.74. The first-order chi connectivity index (χ1) is 9.94. The fourth-order valence-electron chi connectivity index (χ4n) is 2.90. The molecule has 0 aromatic heterocycles. The highest BCUT2D eigenvalue weighted by atomic mass is 79.9. The van der Waals surface area contributed by atoms with Gasteiger partial charge in [-0.3, -0.25) is 4.79 Å². The summed E-state index contributed by atoms with van der Waals surface area (Å²) in [4.78, 5) is 12.4. The number of ether oxygens (including phenoxy) is 2. The first kappa shape index (κ1) is 14.6. The van der Waals surface area contributed by atoms with Crippen LogP contribution in [0.5, 0.6) is 5.75 Å². The van der Waals surface area contributed by atoms with Crippen LogP contribution < -0.4 is 15.4 Å². The third-order valence-corrected chi connectivity index (χ3v) is 4.46. The van der Waals surface area contributed by atoms with Crippen molar-refractivity contribution < 1.29 is 14.3 Å². The standard InChI is InChI=1S/C14H15BrN2O3S/c1-3-19-12(18)10-11-8-6-7(15)4-5-9(8)20-14(10,2)17-13(21)16-11/h4-6,10-11H,3H2,1-2H3,(H2,16,17,21)/t10-,11-,14+/m0/s1. The summed E-state index contributed by atoms with van der Waals surface area (Å²) in [6, 6.07) is 5.45. The zero-order valence-corrected chi connectivity index (χ0v) is 14.0. The van der Waals surface area contributed by atoms with Gasteiger partial charge in [0.15, 0.2) is 10.8 Å². The lowest BCUT2D eigenvalue weighted by Crippen LogP contribution is -2.70. The number of rotatable bonds is 2. The van der Waals surface area contributed by atoms with E-state index >= 15 is 0 Å². The maximum atomic E-state index is 12.4. The number of nitrogens with one attached hydrogen (secondary N) is 2. The van der Waals surface area contributed by atoms with Gasteiger partial charge in [-0.1, -0.05) is 15.9 Å². The van der Waals surface area contributed by atoms with Gasteiger partial charge in [0.2, 0.25) is 0 Å². The van der Waals surface area contributed by atoms with Gasteiger partial charge in [0.25, 0.3) is 0 Å². The number of carbonyl (C=O) groups excluding carboxylic acids is 1. The summed E-state index contributed by atoms with van der Waals surface area (Å²) in [5.41, 5.74) is -0.0242. The van der Waals surface area contributed by atoms with Gasteiger partial charge in [-0.25, -0.2) is 0 Å². The molecular weight excluding hydrogens is 356 g/mol. The Hall–Kier alpha value is -1.34. The lowest BCUT2D eigenvalue weighted by molar-refractivity contribution is -0.162. The van der Waals surface area contributed by atoms with E-state index < -0.39 is 11.6 Å². The Morgan fingerprint density at radius 1 is 1.57 bits per heavy atom. The van der Waals surface area contributed by atoms with E-state index in [1.54, 1.807) is 6.92 Å². The number of hydrogen-bond acceptors (Lipinski definition) is 4. The fourth-order valence-corrected chi connectivity index (χ4v) is 3.61. The molecule has 2 N–H and O–H groups in total. The molecule has 0 unspecified atom stereocenters. The highest BCUT2D eigenvalue weighted by molar-refractivity contribution is 9.10. The lowest BCUT2D eigenvalue weighted by Gasteiger charge is -2.50. The highest BCUT2D eigenvalue weighted by Gasteiger charge is 2.55. The Balaban J connectivity index is 2.10. The molecule has 0 radical (unpaired) electrons. The number of esters is 1. The van der Waals surface area contributed by atoms with Gasteiger partial charge in [-0.15, -0.1) is 0 Å². The number of carbonyl (C=O) groups is 1. The molecule has 112 valence electrons. The van der Waals surface area contributed by atoms with Crippen LogP contribution in [0.4, 0.5) is 0 Å². The van der Waals surface area contributed by atoms with Crippen LogP contribution in [-0.4, -0.2) is 23.4 Å². The van der Waals surface area contributed by atoms with Crippen LogP contribution in [0.15, 0.2) is 22.7 Å². The zero-order chi connectivity index (χ0) is 15.2. The average molecular weight is 371 g/mol. The molecule has 5 nitrogen and oxygen atoms in total. The Kier molecular flexibility index (Phi) is 3.57. The second kappa shape index (κ2) is 5.14. The number of thiocarbonyl (C=S) groups is 1. The summed E-state index contributed by atoms with van der Waals surface area (Å²) in [5, 5.41) is 6.69.